The molecule has 1 aromatic carbocycles. The molecule has 0 bridgehead atoms. The van der Waals surface area contributed by atoms with Gasteiger partial charge in [0.15, 0.2) is 0 Å². The molecule has 1 unspecified atom stereocenters. The second-order valence-electron chi connectivity index (χ2n) is 4.23. The molecule has 0 radical (unpaired) electrons. The smallest absolute Gasteiger partial charge is 0.307 e. The molecule has 0 fully saturated rings. The van der Waals surface area contributed by atoms with Crippen LogP contribution in [0.1, 0.15) is 43.4 Å². The maximum absolute atomic E-state index is 11.1. The summed E-state index contributed by atoms with van der Waals surface area (Å²) in [5.41, 5.74) is 8.22. The minimum atomic E-state index is -0.275. The molecule has 1 atom stereocenters. The second-order valence-corrected chi connectivity index (χ2v) is 4.23. The summed E-state index contributed by atoms with van der Waals surface area (Å²) in [7, 11) is 1.38. The number of carbonyl (C=O) groups is 1. The average Bonchev–Trinajstić information content (AvgIpc) is 2.36. The number of esters is 1. The number of aryl methyl sites for hydroxylation is 1. The Morgan fingerprint density at radius 1 is 1.35 bits per heavy atom. The summed E-state index contributed by atoms with van der Waals surface area (Å²) < 4.78 is 4.60. The Kier molecular flexibility index (Phi) is 5.70. The van der Waals surface area contributed by atoms with Crippen LogP contribution in [0, 0.1) is 0 Å². The number of hydrogen-bond donors (Lipinski definition) is 1. The Morgan fingerprint density at radius 2 is 2.00 bits per heavy atom. The van der Waals surface area contributed by atoms with Gasteiger partial charge in [-0.25, -0.2) is 0 Å². The SMILES string of the molecule is CCCCc1ccc(C(N)CC(=O)OC)cc1. The predicted octanol–water partition coefficient (Wildman–Crippen LogP) is 2.59. The van der Waals surface area contributed by atoms with E-state index < -0.39 is 0 Å². The summed E-state index contributed by atoms with van der Waals surface area (Å²) in [6.45, 7) is 2.18. The molecule has 3 heteroatoms. The number of ether oxygens (including phenoxy) is 1. The van der Waals surface area contributed by atoms with Crippen LogP contribution in [0.2, 0.25) is 0 Å². The minimum absolute atomic E-state index is 0.227. The molecule has 1 rings (SSSR count). The summed E-state index contributed by atoms with van der Waals surface area (Å²) in [5.74, 6) is -0.271. The van der Waals surface area contributed by atoms with Gasteiger partial charge in [0.1, 0.15) is 0 Å². The summed E-state index contributed by atoms with van der Waals surface area (Å²) in [6, 6.07) is 7.89. The Balaban J connectivity index is 2.57. The van der Waals surface area contributed by atoms with E-state index in [0.29, 0.717) is 0 Å². The van der Waals surface area contributed by atoms with E-state index in [1.807, 2.05) is 12.1 Å². The lowest BCUT2D eigenvalue weighted by Gasteiger charge is -2.11. The van der Waals surface area contributed by atoms with Crippen molar-refractivity contribution in [1.82, 2.24) is 0 Å². The molecule has 0 aliphatic heterocycles. The van der Waals surface area contributed by atoms with Crippen LogP contribution in [0.3, 0.4) is 0 Å². The highest BCUT2D eigenvalue weighted by molar-refractivity contribution is 5.70. The third-order valence-corrected chi connectivity index (χ3v) is 2.84. The monoisotopic (exact) mass is 235 g/mol. The summed E-state index contributed by atoms with van der Waals surface area (Å²) in [6.07, 6.45) is 3.73. The molecular weight excluding hydrogens is 214 g/mol. The third-order valence-electron chi connectivity index (χ3n) is 2.84. The highest BCUT2D eigenvalue weighted by Crippen LogP contribution is 2.16. The number of unbranched alkanes of at least 4 members (excludes halogenated alkanes) is 1. The highest BCUT2D eigenvalue weighted by Gasteiger charge is 2.11. The van der Waals surface area contributed by atoms with Crippen LogP contribution in [0.25, 0.3) is 0 Å². The van der Waals surface area contributed by atoms with Crippen molar-refractivity contribution in [2.45, 2.75) is 38.6 Å². The van der Waals surface area contributed by atoms with Gasteiger partial charge in [0.05, 0.1) is 13.5 Å². The maximum atomic E-state index is 11.1. The normalized spacial score (nSPS) is 12.2. The van der Waals surface area contributed by atoms with Gasteiger partial charge < -0.3 is 10.5 Å². The van der Waals surface area contributed by atoms with Crippen molar-refractivity contribution in [2.75, 3.05) is 7.11 Å². The standard InChI is InChI=1S/C14H21NO2/c1-3-4-5-11-6-8-12(9-7-11)13(15)10-14(16)17-2/h6-9,13H,3-5,10,15H2,1-2H3. The average molecular weight is 235 g/mol. The van der Waals surface area contributed by atoms with Crippen molar-refractivity contribution < 1.29 is 9.53 Å². The highest BCUT2D eigenvalue weighted by atomic mass is 16.5. The predicted molar refractivity (Wildman–Crippen MR) is 68.6 cm³/mol. The van der Waals surface area contributed by atoms with E-state index in [2.05, 4.69) is 23.8 Å². The third kappa shape index (κ3) is 4.57. The number of nitrogens with two attached hydrogens (primary N) is 1. The van der Waals surface area contributed by atoms with Crippen LogP contribution in [0.4, 0.5) is 0 Å². The first kappa shape index (κ1) is 13.7. The van der Waals surface area contributed by atoms with E-state index >= 15 is 0 Å². The second kappa shape index (κ2) is 7.07. The summed E-state index contributed by atoms with van der Waals surface area (Å²) in [5, 5.41) is 0. The maximum Gasteiger partial charge on any atom is 0.307 e. The number of rotatable bonds is 6. The number of carbonyl (C=O) groups excluding carboxylic acids is 1. The van der Waals surface area contributed by atoms with E-state index in [4.69, 9.17) is 5.73 Å². The molecule has 0 aliphatic rings. The first-order chi connectivity index (χ1) is 8.17. The van der Waals surface area contributed by atoms with Crippen LogP contribution in [-0.2, 0) is 16.0 Å². The van der Waals surface area contributed by atoms with Gasteiger partial charge in [-0.1, -0.05) is 37.6 Å². The molecule has 0 heterocycles. The number of hydrogen-bond acceptors (Lipinski definition) is 3. The molecular formula is C14H21NO2. The van der Waals surface area contributed by atoms with Gasteiger partial charge in [0, 0.05) is 6.04 Å². The zero-order chi connectivity index (χ0) is 12.7. The van der Waals surface area contributed by atoms with Crippen molar-refractivity contribution in [3.63, 3.8) is 0 Å². The lowest BCUT2D eigenvalue weighted by atomic mass is 10.0. The van der Waals surface area contributed by atoms with Gasteiger partial charge in [0.25, 0.3) is 0 Å². The Labute approximate surface area is 103 Å². The topological polar surface area (TPSA) is 52.3 Å². The van der Waals surface area contributed by atoms with Crippen molar-refractivity contribution in [1.29, 1.82) is 0 Å². The summed E-state index contributed by atoms with van der Waals surface area (Å²) in [4.78, 5) is 11.1. The zero-order valence-electron chi connectivity index (χ0n) is 10.6. The molecule has 2 N–H and O–H groups in total. The zero-order valence-corrected chi connectivity index (χ0v) is 10.6. The largest absolute Gasteiger partial charge is 0.469 e. The van der Waals surface area contributed by atoms with Crippen molar-refractivity contribution in [3.8, 4) is 0 Å². The van der Waals surface area contributed by atoms with E-state index in [1.165, 1.54) is 25.5 Å². The minimum Gasteiger partial charge on any atom is -0.469 e. The lowest BCUT2D eigenvalue weighted by Crippen LogP contribution is -2.16. The van der Waals surface area contributed by atoms with E-state index in [1.54, 1.807) is 0 Å². The Hall–Kier alpha value is -1.35. The van der Waals surface area contributed by atoms with Gasteiger partial charge in [0.2, 0.25) is 0 Å². The first-order valence-corrected chi connectivity index (χ1v) is 6.08. The lowest BCUT2D eigenvalue weighted by molar-refractivity contribution is -0.141. The fraction of sp³-hybridized carbons (Fsp3) is 0.500. The van der Waals surface area contributed by atoms with E-state index in [9.17, 15) is 4.79 Å². The summed E-state index contributed by atoms with van der Waals surface area (Å²) >= 11 is 0. The molecule has 0 saturated heterocycles. The Bertz CT molecular complexity index is 346. The molecule has 0 aromatic heterocycles. The van der Waals surface area contributed by atoms with Crippen LogP contribution in [0.15, 0.2) is 24.3 Å². The molecule has 0 saturated carbocycles. The first-order valence-electron chi connectivity index (χ1n) is 6.08. The van der Waals surface area contributed by atoms with E-state index in [-0.39, 0.29) is 18.4 Å². The number of methoxy groups -OCH3 is 1. The van der Waals surface area contributed by atoms with Gasteiger partial charge in [-0.2, -0.15) is 0 Å². The molecule has 17 heavy (non-hydrogen) atoms. The molecule has 0 aliphatic carbocycles. The van der Waals surface area contributed by atoms with Gasteiger partial charge in [-0.15, -0.1) is 0 Å². The van der Waals surface area contributed by atoms with E-state index in [0.717, 1.165) is 12.0 Å². The molecule has 0 amide bonds. The molecule has 0 spiro atoms. The van der Waals surface area contributed by atoms with Crippen molar-refractivity contribution >= 4 is 5.97 Å². The van der Waals surface area contributed by atoms with Crippen LogP contribution in [0.5, 0.6) is 0 Å². The quantitative estimate of drug-likeness (QED) is 0.771. The van der Waals surface area contributed by atoms with Crippen LogP contribution < -0.4 is 5.73 Å². The van der Waals surface area contributed by atoms with Crippen LogP contribution in [-0.4, -0.2) is 13.1 Å². The molecule has 94 valence electrons. The fourth-order valence-corrected chi connectivity index (χ4v) is 1.69. The van der Waals surface area contributed by atoms with Gasteiger partial charge in [-0.05, 0) is 24.0 Å². The van der Waals surface area contributed by atoms with Crippen molar-refractivity contribution in [3.05, 3.63) is 35.4 Å². The Morgan fingerprint density at radius 3 is 2.53 bits per heavy atom. The van der Waals surface area contributed by atoms with Crippen LogP contribution >= 0.6 is 0 Å². The van der Waals surface area contributed by atoms with Gasteiger partial charge >= 0.3 is 5.97 Å². The fourth-order valence-electron chi connectivity index (χ4n) is 1.69. The van der Waals surface area contributed by atoms with Crippen molar-refractivity contribution in [2.24, 2.45) is 5.73 Å². The van der Waals surface area contributed by atoms with Gasteiger partial charge in [-0.3, -0.25) is 4.79 Å². The number of benzene rings is 1. The molecule has 1 aromatic rings. The molecule has 3 nitrogen and oxygen atoms in total.